The molecule has 0 saturated carbocycles. The smallest absolute Gasteiger partial charge is 0.262 e. The van der Waals surface area contributed by atoms with Crippen LogP contribution in [-0.2, 0) is 4.79 Å². The van der Waals surface area contributed by atoms with E-state index in [0.29, 0.717) is 17.3 Å². The van der Waals surface area contributed by atoms with Crippen molar-refractivity contribution >= 4 is 11.6 Å². The molecule has 1 N–H and O–H groups in total. The number of fused-ring (bicyclic) bond motifs is 1. The number of carbonyl (C=O) groups is 1. The van der Waals surface area contributed by atoms with Gasteiger partial charge < -0.3 is 10.1 Å². The molecule has 2 heterocycles. The van der Waals surface area contributed by atoms with Crippen molar-refractivity contribution in [3.8, 4) is 28.1 Å². The van der Waals surface area contributed by atoms with Crippen molar-refractivity contribution in [3.63, 3.8) is 0 Å². The summed E-state index contributed by atoms with van der Waals surface area (Å²) in [6.45, 7) is 1.91. The van der Waals surface area contributed by atoms with Gasteiger partial charge in [0.05, 0.1) is 11.4 Å². The Labute approximate surface area is 139 Å². The number of hydrogen-bond acceptors (Lipinski definition) is 4. The van der Waals surface area contributed by atoms with E-state index in [9.17, 15) is 4.79 Å². The van der Waals surface area contributed by atoms with Gasteiger partial charge in [0.15, 0.2) is 6.61 Å². The fourth-order valence-corrected chi connectivity index (χ4v) is 2.75. The summed E-state index contributed by atoms with van der Waals surface area (Å²) in [5.74, 6) is 1.22. The molecule has 0 aliphatic carbocycles. The molecule has 1 aromatic heterocycles. The maximum absolute atomic E-state index is 11.6. The number of benzene rings is 2. The molecule has 0 bridgehead atoms. The zero-order valence-corrected chi connectivity index (χ0v) is 13.1. The van der Waals surface area contributed by atoms with Crippen LogP contribution < -0.4 is 10.1 Å². The molecule has 4 rings (SSSR count). The molecule has 0 fully saturated rings. The first-order valence-electron chi connectivity index (χ1n) is 7.67. The molecule has 5 heteroatoms. The number of aryl methyl sites for hydroxylation is 1. The summed E-state index contributed by atoms with van der Waals surface area (Å²) in [5, 5.41) is 2.84. The number of aromatic nitrogens is 2. The van der Waals surface area contributed by atoms with Crippen LogP contribution in [0.15, 0.2) is 54.7 Å². The Kier molecular flexibility index (Phi) is 3.46. The van der Waals surface area contributed by atoms with E-state index in [2.05, 4.69) is 15.3 Å². The topological polar surface area (TPSA) is 64.1 Å². The second-order valence-corrected chi connectivity index (χ2v) is 5.59. The van der Waals surface area contributed by atoms with E-state index >= 15 is 0 Å². The molecule has 118 valence electrons. The van der Waals surface area contributed by atoms with Crippen LogP contribution in [0.5, 0.6) is 5.75 Å². The fraction of sp³-hybridized carbons (Fsp3) is 0.105. The molecule has 0 saturated heterocycles. The zero-order chi connectivity index (χ0) is 16.5. The van der Waals surface area contributed by atoms with Crippen molar-refractivity contribution in [1.82, 2.24) is 9.97 Å². The number of nitrogens with one attached hydrogen (secondary N) is 1. The number of ether oxygens (including phenoxy) is 1. The van der Waals surface area contributed by atoms with Gasteiger partial charge in [-0.2, -0.15) is 0 Å². The Morgan fingerprint density at radius 1 is 1.08 bits per heavy atom. The highest BCUT2D eigenvalue weighted by molar-refractivity contribution is 5.96. The number of amides is 1. The SMILES string of the molecule is Cc1ncc(-c2ccccc2)c(-c2ccc3c(c2)NC(=O)CO3)n1. The largest absolute Gasteiger partial charge is 0.482 e. The number of anilines is 1. The Bertz CT molecular complexity index is 923. The molecule has 1 aliphatic rings. The van der Waals surface area contributed by atoms with E-state index in [4.69, 9.17) is 4.74 Å². The quantitative estimate of drug-likeness (QED) is 0.786. The van der Waals surface area contributed by atoms with E-state index in [1.54, 1.807) is 0 Å². The van der Waals surface area contributed by atoms with Gasteiger partial charge in [-0.3, -0.25) is 4.79 Å². The molecular weight excluding hydrogens is 302 g/mol. The van der Waals surface area contributed by atoms with Crippen molar-refractivity contribution in [2.45, 2.75) is 6.92 Å². The molecule has 1 aliphatic heterocycles. The zero-order valence-electron chi connectivity index (χ0n) is 13.1. The van der Waals surface area contributed by atoms with Crippen molar-refractivity contribution in [2.75, 3.05) is 11.9 Å². The highest BCUT2D eigenvalue weighted by atomic mass is 16.5. The van der Waals surface area contributed by atoms with E-state index in [1.807, 2.05) is 61.7 Å². The minimum atomic E-state index is -0.151. The van der Waals surface area contributed by atoms with Crippen molar-refractivity contribution < 1.29 is 9.53 Å². The molecule has 0 atom stereocenters. The van der Waals surface area contributed by atoms with Gasteiger partial charge >= 0.3 is 0 Å². The fourth-order valence-electron chi connectivity index (χ4n) is 2.75. The predicted octanol–water partition coefficient (Wildman–Crippen LogP) is 3.45. The summed E-state index contributed by atoms with van der Waals surface area (Å²) in [6.07, 6.45) is 1.83. The molecule has 0 radical (unpaired) electrons. The van der Waals surface area contributed by atoms with Gasteiger partial charge in [0.25, 0.3) is 5.91 Å². The van der Waals surface area contributed by atoms with Gasteiger partial charge in [-0.1, -0.05) is 30.3 Å². The van der Waals surface area contributed by atoms with Gasteiger partial charge in [0, 0.05) is 17.3 Å². The predicted molar refractivity (Wildman–Crippen MR) is 91.8 cm³/mol. The second-order valence-electron chi connectivity index (χ2n) is 5.59. The maximum Gasteiger partial charge on any atom is 0.262 e. The molecule has 24 heavy (non-hydrogen) atoms. The van der Waals surface area contributed by atoms with Crippen LogP contribution in [0.25, 0.3) is 22.4 Å². The van der Waals surface area contributed by atoms with E-state index in [0.717, 1.165) is 22.4 Å². The lowest BCUT2D eigenvalue weighted by atomic mass is 10.00. The molecular formula is C19H15N3O2. The van der Waals surface area contributed by atoms with Crippen LogP contribution in [0.1, 0.15) is 5.82 Å². The average Bonchev–Trinajstić information content (AvgIpc) is 2.61. The molecule has 0 spiro atoms. The maximum atomic E-state index is 11.6. The number of rotatable bonds is 2. The van der Waals surface area contributed by atoms with Gasteiger partial charge in [-0.25, -0.2) is 9.97 Å². The minimum Gasteiger partial charge on any atom is -0.482 e. The summed E-state index contributed by atoms with van der Waals surface area (Å²) in [4.78, 5) is 20.5. The van der Waals surface area contributed by atoms with Crippen LogP contribution in [-0.4, -0.2) is 22.5 Å². The van der Waals surface area contributed by atoms with E-state index < -0.39 is 0 Å². The average molecular weight is 317 g/mol. The highest BCUT2D eigenvalue weighted by Gasteiger charge is 2.18. The first kappa shape index (κ1) is 14.4. The van der Waals surface area contributed by atoms with Crippen LogP contribution in [0.2, 0.25) is 0 Å². The van der Waals surface area contributed by atoms with Crippen LogP contribution in [0, 0.1) is 6.92 Å². The highest BCUT2D eigenvalue weighted by Crippen LogP contribution is 2.35. The molecule has 3 aromatic rings. The Morgan fingerprint density at radius 2 is 1.92 bits per heavy atom. The Hall–Kier alpha value is -3.21. The molecule has 1 amide bonds. The number of hydrogen-bond donors (Lipinski definition) is 1. The first-order chi connectivity index (χ1) is 11.7. The van der Waals surface area contributed by atoms with Crippen LogP contribution in [0.3, 0.4) is 0 Å². The molecule has 2 aromatic carbocycles. The first-order valence-corrected chi connectivity index (χ1v) is 7.67. The third-order valence-electron chi connectivity index (χ3n) is 3.88. The van der Waals surface area contributed by atoms with E-state index in [-0.39, 0.29) is 12.5 Å². The Balaban J connectivity index is 1.86. The van der Waals surface area contributed by atoms with Gasteiger partial charge in [-0.15, -0.1) is 0 Å². The molecule has 0 unspecified atom stereocenters. The summed E-state index contributed by atoms with van der Waals surface area (Å²) >= 11 is 0. The standard InChI is InChI=1S/C19H15N3O2/c1-12-20-10-15(13-5-3-2-4-6-13)19(21-12)14-7-8-17-16(9-14)22-18(23)11-24-17/h2-10H,11H2,1H3,(H,22,23). The van der Waals surface area contributed by atoms with Gasteiger partial charge in [-0.05, 0) is 30.7 Å². The van der Waals surface area contributed by atoms with Crippen molar-refractivity contribution in [1.29, 1.82) is 0 Å². The monoisotopic (exact) mass is 317 g/mol. The van der Waals surface area contributed by atoms with Crippen molar-refractivity contribution in [3.05, 3.63) is 60.6 Å². The van der Waals surface area contributed by atoms with E-state index in [1.165, 1.54) is 0 Å². The normalized spacial score (nSPS) is 13.0. The number of carbonyl (C=O) groups excluding carboxylic acids is 1. The summed E-state index contributed by atoms with van der Waals surface area (Å²) in [7, 11) is 0. The number of nitrogens with zero attached hydrogens (tertiary/aromatic N) is 2. The van der Waals surface area contributed by atoms with Gasteiger partial charge in [0.2, 0.25) is 0 Å². The molecule has 5 nitrogen and oxygen atoms in total. The van der Waals surface area contributed by atoms with Crippen LogP contribution >= 0.6 is 0 Å². The van der Waals surface area contributed by atoms with Gasteiger partial charge in [0.1, 0.15) is 11.6 Å². The lowest BCUT2D eigenvalue weighted by Gasteiger charge is -2.19. The third kappa shape index (κ3) is 2.60. The third-order valence-corrected chi connectivity index (χ3v) is 3.88. The Morgan fingerprint density at radius 3 is 2.75 bits per heavy atom. The summed E-state index contributed by atoms with van der Waals surface area (Å²) < 4.78 is 5.42. The second kappa shape index (κ2) is 5.77. The summed E-state index contributed by atoms with van der Waals surface area (Å²) in [6, 6.07) is 15.7. The lowest BCUT2D eigenvalue weighted by molar-refractivity contribution is -0.118. The summed E-state index contributed by atoms with van der Waals surface area (Å²) in [5.41, 5.74) is 4.40. The lowest BCUT2D eigenvalue weighted by Crippen LogP contribution is -2.25. The van der Waals surface area contributed by atoms with Crippen LogP contribution in [0.4, 0.5) is 5.69 Å². The van der Waals surface area contributed by atoms with Crippen molar-refractivity contribution in [2.24, 2.45) is 0 Å². The minimum absolute atomic E-state index is 0.0498.